The van der Waals surface area contributed by atoms with Gasteiger partial charge in [-0.3, -0.25) is 4.79 Å². The molecule has 1 amide bonds. The molecule has 2 aromatic carbocycles. The standard InChI is InChI=1S/C21H20FNO2S/c1-13-7-8-17(22)18(9-13)23-21(24)20-10-16(12-26-20)11-25-19-6-4-5-14(2)15(19)3/h4-10,12H,11H2,1-3H3,(H,23,24). The lowest BCUT2D eigenvalue weighted by Crippen LogP contribution is -2.11. The largest absolute Gasteiger partial charge is 0.489 e. The van der Waals surface area contributed by atoms with Gasteiger partial charge < -0.3 is 10.1 Å². The molecule has 0 radical (unpaired) electrons. The lowest BCUT2D eigenvalue weighted by molar-refractivity contribution is 0.103. The summed E-state index contributed by atoms with van der Waals surface area (Å²) in [6.45, 7) is 6.29. The second kappa shape index (κ2) is 7.70. The number of amides is 1. The fourth-order valence-corrected chi connectivity index (χ4v) is 3.32. The molecule has 0 spiro atoms. The molecule has 0 saturated carbocycles. The number of benzene rings is 2. The van der Waals surface area contributed by atoms with Crippen molar-refractivity contribution in [2.75, 3.05) is 5.32 Å². The van der Waals surface area contributed by atoms with Crippen molar-refractivity contribution in [2.24, 2.45) is 0 Å². The quantitative estimate of drug-likeness (QED) is 0.632. The molecule has 134 valence electrons. The topological polar surface area (TPSA) is 38.3 Å². The number of carbonyl (C=O) groups is 1. The minimum Gasteiger partial charge on any atom is -0.489 e. The van der Waals surface area contributed by atoms with Crippen LogP contribution in [-0.4, -0.2) is 5.91 Å². The molecule has 0 aliphatic heterocycles. The molecule has 0 atom stereocenters. The zero-order valence-corrected chi connectivity index (χ0v) is 15.7. The van der Waals surface area contributed by atoms with E-state index in [1.54, 1.807) is 18.2 Å². The number of carbonyl (C=O) groups excluding carboxylic acids is 1. The van der Waals surface area contributed by atoms with Crippen LogP contribution >= 0.6 is 11.3 Å². The van der Waals surface area contributed by atoms with Crippen molar-refractivity contribution in [2.45, 2.75) is 27.4 Å². The number of halogens is 1. The van der Waals surface area contributed by atoms with E-state index in [2.05, 4.69) is 5.32 Å². The molecule has 0 saturated heterocycles. The second-order valence-corrected chi connectivity index (χ2v) is 7.15. The molecule has 0 fully saturated rings. The highest BCUT2D eigenvalue weighted by Crippen LogP contribution is 2.24. The van der Waals surface area contributed by atoms with Crippen molar-refractivity contribution in [1.29, 1.82) is 0 Å². The summed E-state index contributed by atoms with van der Waals surface area (Å²) in [6.07, 6.45) is 0. The summed E-state index contributed by atoms with van der Waals surface area (Å²) in [4.78, 5) is 12.9. The van der Waals surface area contributed by atoms with Gasteiger partial charge in [-0.2, -0.15) is 0 Å². The van der Waals surface area contributed by atoms with Crippen molar-refractivity contribution in [3.05, 3.63) is 80.8 Å². The highest BCUT2D eigenvalue weighted by atomic mass is 32.1. The van der Waals surface area contributed by atoms with Crippen molar-refractivity contribution < 1.29 is 13.9 Å². The minimum absolute atomic E-state index is 0.191. The van der Waals surface area contributed by atoms with Crippen LogP contribution < -0.4 is 10.1 Å². The monoisotopic (exact) mass is 369 g/mol. The smallest absolute Gasteiger partial charge is 0.265 e. The van der Waals surface area contributed by atoms with Gasteiger partial charge in [0.15, 0.2) is 0 Å². The normalized spacial score (nSPS) is 10.6. The van der Waals surface area contributed by atoms with E-state index in [0.29, 0.717) is 11.5 Å². The Labute approximate surface area is 156 Å². The summed E-state index contributed by atoms with van der Waals surface area (Å²) in [6, 6.07) is 12.3. The van der Waals surface area contributed by atoms with Crippen LogP contribution in [0.2, 0.25) is 0 Å². The van der Waals surface area contributed by atoms with E-state index in [-0.39, 0.29) is 11.6 Å². The number of hydrogen-bond donors (Lipinski definition) is 1. The van der Waals surface area contributed by atoms with Gasteiger partial charge in [0.25, 0.3) is 5.91 Å². The van der Waals surface area contributed by atoms with Crippen LogP contribution in [0, 0.1) is 26.6 Å². The fraction of sp³-hybridized carbons (Fsp3) is 0.190. The Morgan fingerprint density at radius 1 is 1.15 bits per heavy atom. The summed E-state index contributed by atoms with van der Waals surface area (Å²) in [7, 11) is 0. The number of aryl methyl sites for hydroxylation is 2. The molecule has 3 aromatic rings. The van der Waals surface area contributed by atoms with E-state index >= 15 is 0 Å². The third kappa shape index (κ3) is 4.11. The molecular formula is C21H20FNO2S. The van der Waals surface area contributed by atoms with Gasteiger partial charge in [-0.25, -0.2) is 4.39 Å². The Balaban J connectivity index is 1.66. The molecule has 0 aliphatic carbocycles. The van der Waals surface area contributed by atoms with Crippen LogP contribution in [0.4, 0.5) is 10.1 Å². The maximum atomic E-state index is 13.8. The molecule has 3 rings (SSSR count). The molecule has 1 heterocycles. The number of anilines is 1. The highest BCUT2D eigenvalue weighted by molar-refractivity contribution is 7.12. The number of hydrogen-bond acceptors (Lipinski definition) is 3. The fourth-order valence-electron chi connectivity index (χ4n) is 2.53. The van der Waals surface area contributed by atoms with Gasteiger partial charge in [-0.1, -0.05) is 18.2 Å². The summed E-state index contributed by atoms with van der Waals surface area (Å²) >= 11 is 1.31. The van der Waals surface area contributed by atoms with Gasteiger partial charge in [0.2, 0.25) is 0 Å². The van der Waals surface area contributed by atoms with Crippen LogP contribution in [0.15, 0.2) is 47.8 Å². The first kappa shape index (κ1) is 18.1. The average Bonchev–Trinajstić information content (AvgIpc) is 3.08. The summed E-state index contributed by atoms with van der Waals surface area (Å²) in [5.74, 6) is 0.0699. The number of rotatable bonds is 5. The van der Waals surface area contributed by atoms with Gasteiger partial charge >= 0.3 is 0 Å². The van der Waals surface area contributed by atoms with Gasteiger partial charge in [-0.15, -0.1) is 11.3 Å². The molecule has 0 unspecified atom stereocenters. The van der Waals surface area contributed by atoms with E-state index in [1.165, 1.54) is 23.0 Å². The van der Waals surface area contributed by atoms with E-state index in [1.807, 2.05) is 44.4 Å². The molecule has 0 aliphatic rings. The van der Waals surface area contributed by atoms with Gasteiger partial charge in [0.05, 0.1) is 10.6 Å². The minimum atomic E-state index is -0.445. The van der Waals surface area contributed by atoms with Crippen LogP contribution in [0.3, 0.4) is 0 Å². The Morgan fingerprint density at radius 2 is 1.96 bits per heavy atom. The second-order valence-electron chi connectivity index (χ2n) is 6.24. The third-order valence-corrected chi connectivity index (χ3v) is 5.17. The summed E-state index contributed by atoms with van der Waals surface area (Å²) in [5.41, 5.74) is 4.27. The first-order chi connectivity index (χ1) is 12.4. The number of thiophene rings is 1. The van der Waals surface area contributed by atoms with Gasteiger partial charge in [0.1, 0.15) is 18.2 Å². The van der Waals surface area contributed by atoms with Crippen LogP contribution in [-0.2, 0) is 6.61 Å². The molecule has 1 N–H and O–H groups in total. The Morgan fingerprint density at radius 3 is 2.77 bits per heavy atom. The molecule has 5 heteroatoms. The lowest BCUT2D eigenvalue weighted by atomic mass is 10.1. The number of nitrogens with one attached hydrogen (secondary N) is 1. The predicted molar refractivity (Wildman–Crippen MR) is 104 cm³/mol. The highest BCUT2D eigenvalue weighted by Gasteiger charge is 2.13. The average molecular weight is 369 g/mol. The Kier molecular flexibility index (Phi) is 5.38. The Bertz CT molecular complexity index is 949. The van der Waals surface area contributed by atoms with E-state index < -0.39 is 5.82 Å². The van der Waals surface area contributed by atoms with E-state index in [4.69, 9.17) is 4.74 Å². The molecule has 3 nitrogen and oxygen atoms in total. The maximum Gasteiger partial charge on any atom is 0.265 e. The van der Waals surface area contributed by atoms with Crippen molar-refractivity contribution in [1.82, 2.24) is 0 Å². The van der Waals surface area contributed by atoms with Gasteiger partial charge in [-0.05, 0) is 67.1 Å². The van der Waals surface area contributed by atoms with E-state index in [9.17, 15) is 9.18 Å². The molecule has 26 heavy (non-hydrogen) atoms. The SMILES string of the molecule is Cc1ccc(F)c(NC(=O)c2cc(COc3cccc(C)c3C)cs2)c1. The summed E-state index contributed by atoms with van der Waals surface area (Å²) < 4.78 is 19.7. The van der Waals surface area contributed by atoms with E-state index in [0.717, 1.165) is 22.4 Å². The third-order valence-electron chi connectivity index (χ3n) is 4.20. The predicted octanol–water partition coefficient (Wildman–Crippen LogP) is 5.64. The Hall–Kier alpha value is -2.66. The zero-order chi connectivity index (χ0) is 18.7. The molecule has 0 bridgehead atoms. The van der Waals surface area contributed by atoms with Crippen LogP contribution in [0.5, 0.6) is 5.75 Å². The van der Waals surface area contributed by atoms with Gasteiger partial charge in [0, 0.05) is 5.56 Å². The lowest BCUT2D eigenvalue weighted by Gasteiger charge is -2.09. The number of ether oxygens (including phenoxy) is 1. The van der Waals surface area contributed by atoms with Crippen molar-refractivity contribution in [3.8, 4) is 5.75 Å². The van der Waals surface area contributed by atoms with Crippen molar-refractivity contribution in [3.63, 3.8) is 0 Å². The first-order valence-electron chi connectivity index (χ1n) is 8.28. The van der Waals surface area contributed by atoms with Crippen LogP contribution in [0.1, 0.15) is 31.9 Å². The molecule has 1 aromatic heterocycles. The zero-order valence-electron chi connectivity index (χ0n) is 14.9. The summed E-state index contributed by atoms with van der Waals surface area (Å²) in [5, 5.41) is 4.51. The maximum absolute atomic E-state index is 13.8. The first-order valence-corrected chi connectivity index (χ1v) is 9.16. The van der Waals surface area contributed by atoms with Crippen LogP contribution in [0.25, 0.3) is 0 Å². The van der Waals surface area contributed by atoms with Crippen molar-refractivity contribution >= 4 is 22.9 Å². The molecular weight excluding hydrogens is 349 g/mol.